The molecule has 0 spiro atoms. The first-order valence-corrected chi connectivity index (χ1v) is 10.4. The van der Waals surface area contributed by atoms with Gasteiger partial charge in [0.25, 0.3) is 0 Å². The number of anilines is 1. The highest BCUT2D eigenvalue weighted by Gasteiger charge is 2.26. The molecule has 0 atom stereocenters. The fraction of sp³-hybridized carbons (Fsp3) is 0.263. The Morgan fingerprint density at radius 2 is 1.79 bits per heavy atom. The zero-order valence-electron chi connectivity index (χ0n) is 15.1. The normalized spacial score (nSPS) is 15.4. The zero-order valence-corrected chi connectivity index (χ0v) is 15.9. The molecule has 1 aromatic heterocycles. The Kier molecular flexibility index (Phi) is 5.38. The molecule has 1 fully saturated rings. The van der Waals surface area contributed by atoms with Gasteiger partial charge in [0.2, 0.25) is 21.8 Å². The first kappa shape index (κ1) is 18.6. The van der Waals surface area contributed by atoms with Crippen LogP contribution in [0.3, 0.4) is 0 Å². The van der Waals surface area contributed by atoms with Crippen molar-refractivity contribution in [1.82, 2.24) is 14.5 Å². The zero-order chi connectivity index (χ0) is 19.4. The summed E-state index contributed by atoms with van der Waals surface area (Å²) in [7, 11) is -3.54. The molecular weight excluding hydrogens is 380 g/mol. The molecule has 9 heteroatoms. The number of aromatic nitrogens is 2. The minimum Gasteiger partial charge on any atom is -0.419 e. The topological polar surface area (TPSA) is 97.6 Å². The quantitative estimate of drug-likeness (QED) is 0.678. The van der Waals surface area contributed by atoms with Crippen LogP contribution in [0.1, 0.15) is 5.89 Å². The van der Waals surface area contributed by atoms with Crippen molar-refractivity contribution in [2.75, 3.05) is 31.6 Å². The van der Waals surface area contributed by atoms with E-state index in [1.165, 1.54) is 4.31 Å². The van der Waals surface area contributed by atoms with E-state index in [0.717, 1.165) is 5.56 Å². The van der Waals surface area contributed by atoms with E-state index in [9.17, 15) is 8.42 Å². The minimum atomic E-state index is -3.54. The van der Waals surface area contributed by atoms with Crippen LogP contribution in [0.25, 0.3) is 11.5 Å². The van der Waals surface area contributed by atoms with E-state index in [0.29, 0.717) is 50.3 Å². The number of nitrogens with one attached hydrogen (secondary N) is 1. The van der Waals surface area contributed by atoms with Crippen LogP contribution in [0.2, 0.25) is 0 Å². The van der Waals surface area contributed by atoms with Gasteiger partial charge in [-0.2, -0.15) is 4.31 Å². The maximum Gasteiger partial charge on any atom is 0.247 e. The number of rotatable bonds is 6. The van der Waals surface area contributed by atoms with Crippen molar-refractivity contribution in [2.24, 2.45) is 0 Å². The third kappa shape index (κ3) is 4.06. The smallest absolute Gasteiger partial charge is 0.247 e. The van der Waals surface area contributed by atoms with Gasteiger partial charge < -0.3 is 14.5 Å². The lowest BCUT2D eigenvalue weighted by Crippen LogP contribution is -2.40. The highest BCUT2D eigenvalue weighted by Crippen LogP contribution is 2.22. The van der Waals surface area contributed by atoms with Crippen molar-refractivity contribution in [3.63, 3.8) is 0 Å². The Morgan fingerprint density at radius 1 is 1.00 bits per heavy atom. The summed E-state index contributed by atoms with van der Waals surface area (Å²) in [5.74, 6) is 0.862. The van der Waals surface area contributed by atoms with Crippen LogP contribution in [0.4, 0.5) is 5.69 Å². The molecule has 0 radical (unpaired) electrons. The number of hydrogen-bond acceptors (Lipinski definition) is 7. The Hall–Kier alpha value is -2.75. The highest BCUT2D eigenvalue weighted by atomic mass is 32.2. The first-order valence-electron chi connectivity index (χ1n) is 8.92. The van der Waals surface area contributed by atoms with Crippen molar-refractivity contribution in [1.29, 1.82) is 0 Å². The third-order valence-electron chi connectivity index (χ3n) is 4.37. The van der Waals surface area contributed by atoms with Crippen LogP contribution in [0.15, 0.2) is 63.9 Å². The molecule has 1 N–H and O–H groups in total. The van der Waals surface area contributed by atoms with E-state index in [-0.39, 0.29) is 4.90 Å². The van der Waals surface area contributed by atoms with Crippen molar-refractivity contribution >= 4 is 15.7 Å². The summed E-state index contributed by atoms with van der Waals surface area (Å²) in [6, 6.07) is 16.2. The summed E-state index contributed by atoms with van der Waals surface area (Å²) in [6.07, 6.45) is 0. The van der Waals surface area contributed by atoms with Crippen LogP contribution in [-0.2, 0) is 21.3 Å². The molecule has 2 heterocycles. The molecule has 1 saturated heterocycles. The van der Waals surface area contributed by atoms with E-state index in [1.807, 2.05) is 30.3 Å². The van der Waals surface area contributed by atoms with Gasteiger partial charge in [-0.1, -0.05) is 24.3 Å². The second kappa shape index (κ2) is 8.09. The van der Waals surface area contributed by atoms with Gasteiger partial charge in [0.15, 0.2) is 0 Å². The molecule has 0 bridgehead atoms. The number of benzene rings is 2. The van der Waals surface area contributed by atoms with Crippen molar-refractivity contribution < 1.29 is 17.6 Å². The lowest BCUT2D eigenvalue weighted by Gasteiger charge is -2.26. The Bertz CT molecular complexity index is 1030. The van der Waals surface area contributed by atoms with Gasteiger partial charge in [-0.05, 0) is 30.3 Å². The molecule has 28 heavy (non-hydrogen) atoms. The molecule has 0 unspecified atom stereocenters. The van der Waals surface area contributed by atoms with Crippen molar-refractivity contribution in [3.05, 3.63) is 60.5 Å². The maximum atomic E-state index is 12.8. The lowest BCUT2D eigenvalue weighted by atomic mass is 10.2. The molecule has 1 aliphatic rings. The summed E-state index contributed by atoms with van der Waals surface area (Å²) in [5.41, 5.74) is 1.51. The Balaban J connectivity index is 1.45. The Morgan fingerprint density at radius 3 is 2.57 bits per heavy atom. The number of nitrogens with zero attached hydrogens (tertiary/aromatic N) is 3. The van der Waals surface area contributed by atoms with E-state index in [1.54, 1.807) is 24.3 Å². The van der Waals surface area contributed by atoms with Gasteiger partial charge in [-0.3, -0.25) is 0 Å². The number of hydrogen-bond donors (Lipinski definition) is 1. The summed E-state index contributed by atoms with van der Waals surface area (Å²) < 4.78 is 37.9. The lowest BCUT2D eigenvalue weighted by molar-refractivity contribution is 0.0730. The summed E-state index contributed by atoms with van der Waals surface area (Å²) in [6.45, 7) is 1.85. The molecule has 1 aliphatic heterocycles. The van der Waals surface area contributed by atoms with Crippen LogP contribution in [0, 0.1) is 0 Å². The molecule has 146 valence electrons. The summed E-state index contributed by atoms with van der Waals surface area (Å²) in [4.78, 5) is 0.245. The molecule has 0 amide bonds. The van der Waals surface area contributed by atoms with Crippen LogP contribution in [-0.4, -0.2) is 49.2 Å². The van der Waals surface area contributed by atoms with Gasteiger partial charge in [-0.25, -0.2) is 8.42 Å². The van der Waals surface area contributed by atoms with E-state index < -0.39 is 10.0 Å². The van der Waals surface area contributed by atoms with Crippen LogP contribution >= 0.6 is 0 Å². The van der Waals surface area contributed by atoms with E-state index >= 15 is 0 Å². The number of morpholine rings is 1. The SMILES string of the molecule is O=S(=O)(c1cccc(NCc2nnc(-c3ccccc3)o2)c1)N1CCOCC1. The molecule has 3 aromatic rings. The molecule has 0 aliphatic carbocycles. The van der Waals surface area contributed by atoms with E-state index in [2.05, 4.69) is 15.5 Å². The minimum absolute atomic E-state index is 0.245. The van der Waals surface area contributed by atoms with Gasteiger partial charge in [0, 0.05) is 24.3 Å². The molecule has 0 saturated carbocycles. The number of sulfonamides is 1. The molecule has 8 nitrogen and oxygen atoms in total. The summed E-state index contributed by atoms with van der Waals surface area (Å²) in [5, 5.41) is 11.2. The second-order valence-corrected chi connectivity index (χ2v) is 8.20. The van der Waals surface area contributed by atoms with Gasteiger partial charge in [-0.15, -0.1) is 10.2 Å². The highest BCUT2D eigenvalue weighted by molar-refractivity contribution is 7.89. The first-order chi connectivity index (χ1) is 13.6. The van der Waals surface area contributed by atoms with Gasteiger partial charge in [0.05, 0.1) is 24.7 Å². The van der Waals surface area contributed by atoms with Crippen LogP contribution < -0.4 is 5.32 Å². The standard InChI is InChI=1S/C19H20N4O4S/c24-28(25,23-9-11-26-12-10-23)17-8-4-7-16(13-17)20-14-18-21-22-19(27-18)15-5-2-1-3-6-15/h1-8,13,20H,9-12,14H2. The third-order valence-corrected chi connectivity index (χ3v) is 6.27. The van der Waals surface area contributed by atoms with E-state index in [4.69, 9.17) is 9.15 Å². The Labute approximate surface area is 163 Å². The molecule has 2 aromatic carbocycles. The van der Waals surface area contributed by atoms with Crippen molar-refractivity contribution in [3.8, 4) is 11.5 Å². The molecular formula is C19H20N4O4S. The average molecular weight is 400 g/mol. The number of ether oxygens (including phenoxy) is 1. The maximum absolute atomic E-state index is 12.8. The monoisotopic (exact) mass is 400 g/mol. The predicted molar refractivity (Wildman–Crippen MR) is 103 cm³/mol. The van der Waals surface area contributed by atoms with Crippen molar-refractivity contribution in [2.45, 2.75) is 11.4 Å². The largest absolute Gasteiger partial charge is 0.419 e. The summed E-state index contributed by atoms with van der Waals surface area (Å²) >= 11 is 0. The fourth-order valence-corrected chi connectivity index (χ4v) is 4.36. The predicted octanol–water partition coefficient (Wildman–Crippen LogP) is 2.37. The van der Waals surface area contributed by atoms with Gasteiger partial charge in [0.1, 0.15) is 0 Å². The van der Waals surface area contributed by atoms with Crippen LogP contribution in [0.5, 0.6) is 0 Å². The average Bonchev–Trinajstić information content (AvgIpc) is 3.23. The fourth-order valence-electron chi connectivity index (χ4n) is 2.90. The second-order valence-electron chi connectivity index (χ2n) is 6.26. The van der Waals surface area contributed by atoms with Gasteiger partial charge >= 0.3 is 0 Å². The molecule has 4 rings (SSSR count).